The Morgan fingerprint density at radius 2 is 1.82 bits per heavy atom. The maximum atomic E-state index is 5.93. The van der Waals surface area contributed by atoms with E-state index in [1.54, 1.807) is 11.8 Å². The van der Waals surface area contributed by atoms with Crippen LogP contribution in [0.2, 0.25) is 0 Å². The smallest absolute Gasteiger partial charge is 0.146 e. The average Bonchev–Trinajstić information content (AvgIpc) is 2.92. The largest absolute Gasteiger partial charge is 0.382 e. The number of nitrogen functional groups attached to an aromatic ring is 1. The molecule has 0 saturated carbocycles. The van der Waals surface area contributed by atoms with Gasteiger partial charge in [-0.05, 0) is 43.0 Å². The Morgan fingerprint density at radius 1 is 1.09 bits per heavy atom. The Bertz CT molecular complexity index is 809. The van der Waals surface area contributed by atoms with Crippen molar-refractivity contribution in [2.75, 3.05) is 12.0 Å². The van der Waals surface area contributed by atoms with Crippen molar-refractivity contribution in [3.63, 3.8) is 0 Å². The summed E-state index contributed by atoms with van der Waals surface area (Å²) in [6.45, 7) is 2.06. The number of benzene rings is 2. The lowest BCUT2D eigenvalue weighted by atomic mass is 10.1. The van der Waals surface area contributed by atoms with E-state index in [0.29, 0.717) is 5.82 Å². The molecular weight excluding hydrogens is 358 g/mol. The minimum atomic E-state index is 0.514. The molecule has 0 aliphatic heterocycles. The molecule has 0 saturated heterocycles. The highest BCUT2D eigenvalue weighted by molar-refractivity contribution is 9.10. The fraction of sp³-hybridized carbons (Fsp3) is 0.118. The maximum Gasteiger partial charge on any atom is 0.146 e. The molecule has 2 N–H and O–H groups in total. The van der Waals surface area contributed by atoms with E-state index in [-0.39, 0.29) is 0 Å². The van der Waals surface area contributed by atoms with E-state index in [1.165, 1.54) is 10.5 Å². The standard InChI is InChI=1S/C17H16BrN3S/c1-11-3-6-13(9-15(11)18)21-16(10-17(19)20-21)12-4-7-14(22-2)8-5-12/h3-10H,1-2H3,(H2,19,20). The first-order valence-electron chi connectivity index (χ1n) is 6.85. The van der Waals surface area contributed by atoms with E-state index in [0.717, 1.165) is 21.4 Å². The number of thioether (sulfide) groups is 1. The van der Waals surface area contributed by atoms with Gasteiger partial charge >= 0.3 is 0 Å². The molecule has 112 valence electrons. The minimum Gasteiger partial charge on any atom is -0.382 e. The van der Waals surface area contributed by atoms with E-state index in [9.17, 15) is 0 Å². The van der Waals surface area contributed by atoms with E-state index in [4.69, 9.17) is 5.73 Å². The zero-order valence-electron chi connectivity index (χ0n) is 12.4. The number of anilines is 1. The van der Waals surface area contributed by atoms with Crippen LogP contribution in [0.15, 0.2) is 57.9 Å². The zero-order valence-corrected chi connectivity index (χ0v) is 14.8. The van der Waals surface area contributed by atoms with Gasteiger partial charge in [0.1, 0.15) is 5.82 Å². The van der Waals surface area contributed by atoms with Gasteiger partial charge in [-0.1, -0.05) is 34.1 Å². The van der Waals surface area contributed by atoms with Crippen LogP contribution in [-0.2, 0) is 0 Å². The Balaban J connectivity index is 2.10. The van der Waals surface area contributed by atoms with Crippen LogP contribution in [0.4, 0.5) is 5.82 Å². The number of hydrogen-bond acceptors (Lipinski definition) is 3. The van der Waals surface area contributed by atoms with Crippen molar-refractivity contribution in [2.45, 2.75) is 11.8 Å². The second kappa shape index (κ2) is 6.18. The number of nitrogens with two attached hydrogens (primary N) is 1. The lowest BCUT2D eigenvalue weighted by Gasteiger charge is -2.09. The summed E-state index contributed by atoms with van der Waals surface area (Å²) in [4.78, 5) is 1.24. The summed E-state index contributed by atoms with van der Waals surface area (Å²) < 4.78 is 2.94. The van der Waals surface area contributed by atoms with Gasteiger partial charge in [0.25, 0.3) is 0 Å². The molecule has 0 atom stereocenters. The van der Waals surface area contributed by atoms with Crippen molar-refractivity contribution in [1.29, 1.82) is 0 Å². The van der Waals surface area contributed by atoms with Gasteiger partial charge in [0.05, 0.1) is 11.4 Å². The Morgan fingerprint density at radius 3 is 2.45 bits per heavy atom. The van der Waals surface area contributed by atoms with E-state index in [1.807, 2.05) is 16.8 Å². The molecule has 0 radical (unpaired) electrons. The Kier molecular flexibility index (Phi) is 4.27. The molecule has 22 heavy (non-hydrogen) atoms. The first-order chi connectivity index (χ1) is 10.6. The van der Waals surface area contributed by atoms with Crippen LogP contribution in [0, 0.1) is 6.92 Å². The van der Waals surface area contributed by atoms with Gasteiger partial charge in [0, 0.05) is 21.0 Å². The van der Waals surface area contributed by atoms with E-state index < -0.39 is 0 Å². The van der Waals surface area contributed by atoms with Crippen LogP contribution in [0.3, 0.4) is 0 Å². The third-order valence-corrected chi connectivity index (χ3v) is 5.11. The molecule has 0 unspecified atom stereocenters. The fourth-order valence-corrected chi connectivity index (χ4v) is 3.05. The van der Waals surface area contributed by atoms with Crippen molar-refractivity contribution in [3.8, 4) is 16.9 Å². The van der Waals surface area contributed by atoms with E-state index >= 15 is 0 Å². The Labute approximate surface area is 142 Å². The average molecular weight is 374 g/mol. The monoisotopic (exact) mass is 373 g/mol. The van der Waals surface area contributed by atoms with Crippen LogP contribution in [0.25, 0.3) is 16.9 Å². The summed E-state index contributed by atoms with van der Waals surface area (Å²) >= 11 is 5.30. The highest BCUT2D eigenvalue weighted by Crippen LogP contribution is 2.28. The summed E-state index contributed by atoms with van der Waals surface area (Å²) in [7, 11) is 0. The third-order valence-electron chi connectivity index (χ3n) is 3.51. The highest BCUT2D eigenvalue weighted by Gasteiger charge is 2.11. The summed E-state index contributed by atoms with van der Waals surface area (Å²) in [6.07, 6.45) is 2.07. The van der Waals surface area contributed by atoms with E-state index in [2.05, 4.69) is 70.6 Å². The second-order valence-corrected chi connectivity index (χ2v) is 6.76. The second-order valence-electron chi connectivity index (χ2n) is 5.03. The zero-order chi connectivity index (χ0) is 15.7. The molecule has 0 spiro atoms. The number of rotatable bonds is 3. The van der Waals surface area contributed by atoms with Crippen molar-refractivity contribution in [2.24, 2.45) is 0 Å². The quantitative estimate of drug-likeness (QED) is 0.662. The van der Waals surface area contributed by atoms with Crippen molar-refractivity contribution in [1.82, 2.24) is 9.78 Å². The summed E-state index contributed by atoms with van der Waals surface area (Å²) in [5.74, 6) is 0.514. The predicted molar refractivity (Wildman–Crippen MR) is 97.6 cm³/mol. The molecule has 3 aromatic rings. The molecule has 5 heteroatoms. The number of aromatic nitrogens is 2. The molecule has 3 rings (SSSR count). The minimum absolute atomic E-state index is 0.514. The molecule has 0 aliphatic rings. The fourth-order valence-electron chi connectivity index (χ4n) is 2.28. The molecule has 0 amide bonds. The molecule has 1 heterocycles. The number of aryl methyl sites for hydroxylation is 1. The van der Waals surface area contributed by atoms with Gasteiger partial charge in [0.15, 0.2) is 0 Å². The molecule has 2 aromatic carbocycles. The first kappa shape index (κ1) is 15.2. The van der Waals surface area contributed by atoms with Gasteiger partial charge in [0.2, 0.25) is 0 Å². The van der Waals surface area contributed by atoms with Crippen LogP contribution in [-0.4, -0.2) is 16.0 Å². The molecular formula is C17H16BrN3S. The summed E-state index contributed by atoms with van der Waals surface area (Å²) in [5.41, 5.74) is 10.2. The molecule has 1 aromatic heterocycles. The van der Waals surface area contributed by atoms with Crippen LogP contribution < -0.4 is 5.73 Å². The topological polar surface area (TPSA) is 43.8 Å². The molecule has 0 aliphatic carbocycles. The maximum absolute atomic E-state index is 5.93. The molecule has 0 fully saturated rings. The van der Waals surface area contributed by atoms with Crippen molar-refractivity contribution in [3.05, 3.63) is 58.6 Å². The highest BCUT2D eigenvalue weighted by atomic mass is 79.9. The molecule has 0 bridgehead atoms. The lowest BCUT2D eigenvalue weighted by molar-refractivity contribution is 0.892. The van der Waals surface area contributed by atoms with Crippen molar-refractivity contribution < 1.29 is 0 Å². The van der Waals surface area contributed by atoms with Gasteiger partial charge in [-0.25, -0.2) is 4.68 Å². The van der Waals surface area contributed by atoms with Gasteiger partial charge in [-0.15, -0.1) is 11.8 Å². The number of halogens is 1. The predicted octanol–water partition coefficient (Wildman–Crippen LogP) is 4.91. The summed E-state index contributed by atoms with van der Waals surface area (Å²) in [5, 5.41) is 4.44. The van der Waals surface area contributed by atoms with Crippen LogP contribution in [0.5, 0.6) is 0 Å². The van der Waals surface area contributed by atoms with Crippen LogP contribution in [0.1, 0.15) is 5.56 Å². The number of nitrogens with zero attached hydrogens (tertiary/aromatic N) is 2. The van der Waals surface area contributed by atoms with Gasteiger partial charge < -0.3 is 5.73 Å². The lowest BCUT2D eigenvalue weighted by Crippen LogP contribution is -2.00. The first-order valence-corrected chi connectivity index (χ1v) is 8.87. The normalized spacial score (nSPS) is 10.9. The van der Waals surface area contributed by atoms with Gasteiger partial charge in [-0.2, -0.15) is 5.10 Å². The molecule has 3 nitrogen and oxygen atoms in total. The number of hydrogen-bond donors (Lipinski definition) is 1. The van der Waals surface area contributed by atoms with Gasteiger partial charge in [-0.3, -0.25) is 0 Å². The summed E-state index contributed by atoms with van der Waals surface area (Å²) in [6, 6.07) is 16.5. The SMILES string of the molecule is CSc1ccc(-c2cc(N)nn2-c2ccc(C)c(Br)c2)cc1. The van der Waals surface area contributed by atoms with Crippen molar-refractivity contribution >= 4 is 33.5 Å². The van der Waals surface area contributed by atoms with Crippen LogP contribution >= 0.6 is 27.7 Å². The third kappa shape index (κ3) is 2.91. The Hall–Kier alpha value is -1.72.